The second kappa shape index (κ2) is 4.82. The number of hydrogen-bond acceptors (Lipinski definition) is 3. The maximum atomic E-state index is 10.4. The van der Waals surface area contributed by atoms with Crippen molar-refractivity contribution in [2.24, 2.45) is 0 Å². The first-order valence-electron chi connectivity index (χ1n) is 3.19. The van der Waals surface area contributed by atoms with Gasteiger partial charge in [0.05, 0.1) is 15.4 Å². The van der Waals surface area contributed by atoms with Gasteiger partial charge in [-0.15, -0.1) is 0 Å². The standard InChI is InChI=1S/C6H10O3S.Na/c7-10(8,9)6-4-2-1-3-5-6;/h2-3,6H,1,4-5H2,(H,7,8,9);/q;+1/p-1. The molecule has 1 rings (SSSR count). The monoisotopic (exact) mass is 184 g/mol. The fraction of sp³-hybridized carbons (Fsp3) is 0.667. The Hall–Kier alpha value is 0.910. The van der Waals surface area contributed by atoms with Crippen molar-refractivity contribution in [3.05, 3.63) is 12.8 Å². The summed E-state index contributed by atoms with van der Waals surface area (Å²) in [6, 6.07) is 0. The van der Waals surface area contributed by atoms with Gasteiger partial charge in [0, 0.05) is 0 Å². The van der Waals surface area contributed by atoms with Crippen LogP contribution in [0.15, 0.2) is 0 Å². The fourth-order valence-electron chi connectivity index (χ4n) is 1.01. The van der Waals surface area contributed by atoms with Gasteiger partial charge >= 0.3 is 29.6 Å². The molecular formula is C6H9NaO3S. The van der Waals surface area contributed by atoms with Crippen molar-refractivity contribution >= 4 is 10.1 Å². The van der Waals surface area contributed by atoms with Crippen LogP contribution in [0.25, 0.3) is 0 Å². The SMILES string of the molecule is O=S(=O)([O-])C1C[CH]C[CH]C1.[Na+]. The van der Waals surface area contributed by atoms with Gasteiger partial charge in [0.15, 0.2) is 0 Å². The molecule has 1 aliphatic rings. The van der Waals surface area contributed by atoms with Crippen LogP contribution in [0.1, 0.15) is 19.3 Å². The topological polar surface area (TPSA) is 57.2 Å². The predicted molar refractivity (Wildman–Crippen MR) is 35.9 cm³/mol. The molecule has 0 amide bonds. The van der Waals surface area contributed by atoms with Crippen LogP contribution in [0.2, 0.25) is 0 Å². The minimum Gasteiger partial charge on any atom is -0.748 e. The summed E-state index contributed by atoms with van der Waals surface area (Å²) in [6.07, 6.45) is 5.31. The van der Waals surface area contributed by atoms with Crippen LogP contribution in [0.4, 0.5) is 0 Å². The molecule has 1 fully saturated rings. The average Bonchev–Trinajstić information content (AvgIpc) is 1.88. The third kappa shape index (κ3) is 3.90. The van der Waals surface area contributed by atoms with Crippen molar-refractivity contribution in [2.45, 2.75) is 24.5 Å². The molecule has 3 nitrogen and oxygen atoms in total. The molecule has 0 unspecified atom stereocenters. The van der Waals surface area contributed by atoms with E-state index < -0.39 is 15.4 Å². The number of rotatable bonds is 1. The zero-order chi connectivity index (χ0) is 7.61. The van der Waals surface area contributed by atoms with E-state index in [0.717, 1.165) is 6.42 Å². The molecule has 58 valence electrons. The van der Waals surface area contributed by atoms with E-state index in [1.807, 2.05) is 12.8 Å². The molecule has 0 bridgehead atoms. The van der Waals surface area contributed by atoms with Crippen molar-refractivity contribution in [1.29, 1.82) is 0 Å². The van der Waals surface area contributed by atoms with Gasteiger partial charge in [0.25, 0.3) is 0 Å². The van der Waals surface area contributed by atoms with Crippen LogP contribution in [0.3, 0.4) is 0 Å². The van der Waals surface area contributed by atoms with E-state index in [9.17, 15) is 13.0 Å². The Kier molecular flexibility index (Phi) is 5.22. The first kappa shape index (κ1) is 11.9. The maximum absolute atomic E-state index is 10.4. The van der Waals surface area contributed by atoms with Crippen molar-refractivity contribution in [3.63, 3.8) is 0 Å². The van der Waals surface area contributed by atoms with Crippen LogP contribution in [0.5, 0.6) is 0 Å². The Labute approximate surface area is 89.6 Å². The van der Waals surface area contributed by atoms with E-state index in [4.69, 9.17) is 0 Å². The molecule has 0 aliphatic heterocycles. The van der Waals surface area contributed by atoms with Gasteiger partial charge in [0.1, 0.15) is 0 Å². The Morgan fingerprint density at radius 1 is 1.27 bits per heavy atom. The summed E-state index contributed by atoms with van der Waals surface area (Å²) in [5, 5.41) is -0.693. The quantitative estimate of drug-likeness (QED) is 0.334. The first-order chi connectivity index (χ1) is 4.61. The van der Waals surface area contributed by atoms with E-state index in [0.29, 0.717) is 12.8 Å². The van der Waals surface area contributed by atoms with Gasteiger partial charge in [-0.2, -0.15) is 0 Å². The second-order valence-electron chi connectivity index (χ2n) is 2.40. The second-order valence-corrected chi connectivity index (χ2v) is 4.05. The zero-order valence-electron chi connectivity index (χ0n) is 6.49. The van der Waals surface area contributed by atoms with Crippen LogP contribution < -0.4 is 29.6 Å². The van der Waals surface area contributed by atoms with Gasteiger partial charge in [-0.3, -0.25) is 0 Å². The summed E-state index contributed by atoms with van der Waals surface area (Å²) in [6.45, 7) is 0. The Morgan fingerprint density at radius 3 is 2.00 bits per heavy atom. The fourth-order valence-corrected chi connectivity index (χ4v) is 1.76. The molecule has 2 radical (unpaired) electrons. The molecule has 1 saturated carbocycles. The third-order valence-electron chi connectivity index (χ3n) is 1.60. The molecular weight excluding hydrogens is 175 g/mol. The summed E-state index contributed by atoms with van der Waals surface area (Å²) in [4.78, 5) is 0. The van der Waals surface area contributed by atoms with Crippen molar-refractivity contribution in [3.8, 4) is 0 Å². The van der Waals surface area contributed by atoms with Crippen LogP contribution in [-0.4, -0.2) is 18.2 Å². The smallest absolute Gasteiger partial charge is 0.748 e. The summed E-state index contributed by atoms with van der Waals surface area (Å²) >= 11 is 0. The van der Waals surface area contributed by atoms with E-state index in [2.05, 4.69) is 0 Å². The van der Waals surface area contributed by atoms with Crippen molar-refractivity contribution in [1.82, 2.24) is 0 Å². The molecule has 0 N–H and O–H groups in total. The van der Waals surface area contributed by atoms with Crippen molar-refractivity contribution < 1.29 is 42.5 Å². The maximum Gasteiger partial charge on any atom is 1.00 e. The molecule has 0 saturated heterocycles. The first-order valence-corrected chi connectivity index (χ1v) is 4.66. The van der Waals surface area contributed by atoms with E-state index >= 15 is 0 Å². The van der Waals surface area contributed by atoms with E-state index in [1.54, 1.807) is 0 Å². The van der Waals surface area contributed by atoms with Crippen LogP contribution >= 0.6 is 0 Å². The molecule has 11 heavy (non-hydrogen) atoms. The van der Waals surface area contributed by atoms with E-state index in [-0.39, 0.29) is 29.6 Å². The predicted octanol–water partition coefficient (Wildman–Crippen LogP) is -2.50. The third-order valence-corrected chi connectivity index (χ3v) is 2.80. The normalized spacial score (nSPS) is 20.8. The Bertz CT molecular complexity index is 194. The molecule has 0 atom stereocenters. The zero-order valence-corrected chi connectivity index (χ0v) is 9.30. The Morgan fingerprint density at radius 2 is 1.73 bits per heavy atom. The molecule has 0 heterocycles. The molecule has 0 aromatic heterocycles. The number of hydrogen-bond donors (Lipinski definition) is 0. The average molecular weight is 184 g/mol. The Balaban J connectivity index is 0.000001000. The summed E-state index contributed by atoms with van der Waals surface area (Å²) in [5.41, 5.74) is 0. The van der Waals surface area contributed by atoms with Gasteiger partial charge in [-0.05, 0) is 32.1 Å². The van der Waals surface area contributed by atoms with Gasteiger partial charge < -0.3 is 4.55 Å². The molecule has 0 aromatic rings. The van der Waals surface area contributed by atoms with Crippen molar-refractivity contribution in [2.75, 3.05) is 0 Å². The minimum atomic E-state index is -4.04. The van der Waals surface area contributed by atoms with Gasteiger partial charge in [-0.25, -0.2) is 8.42 Å². The molecule has 0 aromatic carbocycles. The van der Waals surface area contributed by atoms with Crippen LogP contribution in [-0.2, 0) is 10.1 Å². The van der Waals surface area contributed by atoms with Crippen LogP contribution in [0, 0.1) is 12.8 Å². The van der Waals surface area contributed by atoms with Gasteiger partial charge in [-0.1, -0.05) is 0 Å². The summed E-state index contributed by atoms with van der Waals surface area (Å²) < 4.78 is 31.2. The van der Waals surface area contributed by atoms with Gasteiger partial charge in [0.2, 0.25) is 0 Å². The largest absolute Gasteiger partial charge is 1.00 e. The minimum absolute atomic E-state index is 0. The summed E-state index contributed by atoms with van der Waals surface area (Å²) in [7, 11) is -4.04. The molecule has 0 spiro atoms. The van der Waals surface area contributed by atoms with E-state index in [1.165, 1.54) is 0 Å². The molecule has 1 aliphatic carbocycles. The summed E-state index contributed by atoms with van der Waals surface area (Å²) in [5.74, 6) is 0. The molecule has 5 heteroatoms.